The average Bonchev–Trinajstić information content (AvgIpc) is 3.80. The molecule has 0 aromatic heterocycles. The molecule has 1 aromatic carbocycles. The molecule has 29 heteroatoms. The lowest BCUT2D eigenvalue weighted by Gasteiger charge is -2.30. The van der Waals surface area contributed by atoms with Gasteiger partial charge in [-0.15, -0.1) is 0 Å². The molecule has 28 nitrogen and oxygen atoms in total. The molecule has 404 valence electrons. The minimum Gasteiger partial charge on any atom is -0.508 e. The van der Waals surface area contributed by atoms with E-state index < -0.39 is 163 Å². The minimum absolute atomic E-state index is 0.0346. The molecule has 1 fully saturated rings. The second-order valence-corrected chi connectivity index (χ2v) is 18.3. The number of aliphatic carboxylic acids is 5. The van der Waals surface area contributed by atoms with Crippen LogP contribution in [0.25, 0.3) is 0 Å². The molecule has 0 spiro atoms. The summed E-state index contributed by atoms with van der Waals surface area (Å²) in [5, 5.41) is 72.8. The van der Waals surface area contributed by atoms with Crippen LogP contribution in [-0.2, 0) is 68.7 Å². The van der Waals surface area contributed by atoms with Crippen LogP contribution >= 0.6 is 11.8 Å². The number of amides is 8. The summed E-state index contributed by atoms with van der Waals surface area (Å²) < 4.78 is 0. The standard InChI is InChI=1S/C44H63N9O19S/c1-20(2)35(52-40(67)28(18-33(59)60)48-36(63)21(3)46-37(64)24(45)11-12-31(55)56)42(69)50-26(16-22-7-9-23(54)10-8-22)38(65)49-27(17-32(57)58)39(66)47-25(13-15-73-4)43(70)53-14-5-6-30(53)41(68)51-29(44(71)72)19-34(61)62/h7-10,20-21,24-30,35,54H,5-6,11-19,45H2,1-4H3,(H,46,64)(H,47,66)(H,48,63)(H,49,65)(H,50,69)(H,51,68)(H,52,67)(H,55,56)(H,57,58)(H,59,60)(H,61,62)(H,71,72)/t21-,24-,25-,26-,27-,28-,29-,30-,35-/m0/s1. The van der Waals surface area contributed by atoms with Gasteiger partial charge in [-0.2, -0.15) is 11.8 Å². The van der Waals surface area contributed by atoms with E-state index in [-0.39, 0.29) is 50.2 Å². The lowest BCUT2D eigenvalue weighted by Crippen LogP contribution is -2.61. The van der Waals surface area contributed by atoms with Gasteiger partial charge in [0.05, 0.1) is 25.3 Å². The second kappa shape index (κ2) is 29.7. The Morgan fingerprint density at radius 3 is 1.64 bits per heavy atom. The Bertz CT molecular complexity index is 2210. The number of nitrogens with two attached hydrogens (primary N) is 1. The first-order valence-electron chi connectivity index (χ1n) is 22.7. The van der Waals surface area contributed by atoms with Crippen molar-refractivity contribution in [2.75, 3.05) is 18.6 Å². The smallest absolute Gasteiger partial charge is 0.326 e. The molecule has 1 heterocycles. The summed E-state index contributed by atoms with van der Waals surface area (Å²) in [4.78, 5) is 167. The number of hydrogen-bond acceptors (Lipinski definition) is 16. The van der Waals surface area contributed by atoms with Crippen LogP contribution in [-0.4, -0.2) is 186 Å². The van der Waals surface area contributed by atoms with E-state index in [2.05, 4.69) is 37.2 Å². The van der Waals surface area contributed by atoms with Crippen molar-refractivity contribution in [3.8, 4) is 5.75 Å². The number of aromatic hydroxyl groups is 1. The highest BCUT2D eigenvalue weighted by atomic mass is 32.2. The van der Waals surface area contributed by atoms with E-state index in [0.29, 0.717) is 5.56 Å². The zero-order valence-electron chi connectivity index (χ0n) is 40.3. The van der Waals surface area contributed by atoms with Gasteiger partial charge in [0.2, 0.25) is 47.3 Å². The zero-order valence-corrected chi connectivity index (χ0v) is 41.1. The van der Waals surface area contributed by atoms with Crippen LogP contribution in [0.5, 0.6) is 5.75 Å². The first-order chi connectivity index (χ1) is 34.1. The van der Waals surface area contributed by atoms with Crippen molar-refractivity contribution in [2.45, 2.75) is 133 Å². The van der Waals surface area contributed by atoms with Gasteiger partial charge in [-0.1, -0.05) is 26.0 Å². The number of nitrogens with one attached hydrogen (secondary N) is 7. The molecule has 0 radical (unpaired) electrons. The summed E-state index contributed by atoms with van der Waals surface area (Å²) in [5.41, 5.74) is 5.99. The number of carboxylic acid groups (broad SMARTS) is 5. The van der Waals surface area contributed by atoms with E-state index in [0.717, 1.165) is 4.90 Å². The summed E-state index contributed by atoms with van der Waals surface area (Å²) in [5.74, 6) is -16.7. The maximum atomic E-state index is 14.2. The predicted molar refractivity (Wildman–Crippen MR) is 253 cm³/mol. The van der Waals surface area contributed by atoms with E-state index in [1.807, 2.05) is 0 Å². The van der Waals surface area contributed by atoms with Crippen LogP contribution < -0.4 is 43.0 Å². The first kappa shape index (κ1) is 61.6. The highest BCUT2D eigenvalue weighted by molar-refractivity contribution is 7.98. The molecule has 15 N–H and O–H groups in total. The van der Waals surface area contributed by atoms with Gasteiger partial charge in [-0.25, -0.2) is 4.79 Å². The van der Waals surface area contributed by atoms with Crippen molar-refractivity contribution < 1.29 is 93.0 Å². The molecule has 1 saturated heterocycles. The first-order valence-corrected chi connectivity index (χ1v) is 24.1. The molecule has 73 heavy (non-hydrogen) atoms. The Morgan fingerprint density at radius 1 is 0.616 bits per heavy atom. The fraction of sp³-hybridized carbons (Fsp3) is 0.568. The van der Waals surface area contributed by atoms with E-state index in [1.54, 1.807) is 6.26 Å². The van der Waals surface area contributed by atoms with Gasteiger partial charge >= 0.3 is 29.8 Å². The van der Waals surface area contributed by atoms with Crippen molar-refractivity contribution in [3.05, 3.63) is 29.8 Å². The van der Waals surface area contributed by atoms with Crippen molar-refractivity contribution in [1.29, 1.82) is 0 Å². The lowest BCUT2D eigenvalue weighted by atomic mass is 9.99. The third-order valence-electron chi connectivity index (χ3n) is 11.1. The predicted octanol–water partition coefficient (Wildman–Crippen LogP) is -3.55. The summed E-state index contributed by atoms with van der Waals surface area (Å²) in [6.07, 6.45) is -2.28. The summed E-state index contributed by atoms with van der Waals surface area (Å²) >= 11 is 1.26. The molecule has 9 atom stereocenters. The lowest BCUT2D eigenvalue weighted by molar-refractivity contribution is -0.148. The van der Waals surface area contributed by atoms with Crippen LogP contribution in [0, 0.1) is 5.92 Å². The normalized spacial score (nSPS) is 16.4. The molecule has 1 aromatic rings. The van der Waals surface area contributed by atoms with Gasteiger partial charge in [0.25, 0.3) is 0 Å². The Hall–Kier alpha value is -7.56. The van der Waals surface area contributed by atoms with Gasteiger partial charge in [-0.3, -0.25) is 57.5 Å². The Kier molecular flexibility index (Phi) is 25.0. The number of phenolic OH excluding ortho intramolecular Hbond substituents is 1. The van der Waals surface area contributed by atoms with Gasteiger partial charge in [0.1, 0.15) is 54.1 Å². The third-order valence-corrected chi connectivity index (χ3v) is 11.7. The SMILES string of the molecule is CSCC[C@H](NC(=O)[C@H](CC(=O)O)NC(=O)[C@H](Cc1ccc(O)cc1)NC(=O)[C@@H](NC(=O)[C@H](CC(=O)O)NC(=O)[C@H](C)NC(=O)[C@@H](N)CCC(=O)O)C(C)C)C(=O)N1CCC[C@H]1C(=O)N[C@@H](CC(=O)O)C(=O)O. The number of likely N-dealkylation sites (tertiary alicyclic amines) is 1. The summed E-state index contributed by atoms with van der Waals surface area (Å²) in [7, 11) is 0. The number of phenols is 1. The van der Waals surface area contributed by atoms with E-state index in [1.165, 1.54) is 56.8 Å². The molecular formula is C44H63N9O19S. The number of carbonyl (C=O) groups excluding carboxylic acids is 8. The summed E-state index contributed by atoms with van der Waals surface area (Å²) in [6, 6.07) is -9.11. The quantitative estimate of drug-likeness (QED) is 0.0342. The number of nitrogens with zero attached hydrogens (tertiary/aromatic N) is 1. The van der Waals surface area contributed by atoms with Gasteiger partial charge < -0.3 is 78.5 Å². The summed E-state index contributed by atoms with van der Waals surface area (Å²) in [6.45, 7) is 4.06. The van der Waals surface area contributed by atoms with Crippen molar-refractivity contribution in [2.24, 2.45) is 11.7 Å². The maximum absolute atomic E-state index is 14.2. The fourth-order valence-corrected chi connectivity index (χ4v) is 7.64. The largest absolute Gasteiger partial charge is 0.508 e. The number of thioether (sulfide) groups is 1. The van der Waals surface area contributed by atoms with Crippen LogP contribution in [0.3, 0.4) is 0 Å². The molecule has 8 amide bonds. The molecule has 1 aliphatic rings. The van der Waals surface area contributed by atoms with Crippen molar-refractivity contribution >= 4 is 88.9 Å². The van der Waals surface area contributed by atoms with Crippen molar-refractivity contribution in [3.63, 3.8) is 0 Å². The zero-order chi connectivity index (χ0) is 55.3. The molecule has 0 aliphatic carbocycles. The van der Waals surface area contributed by atoms with E-state index >= 15 is 0 Å². The van der Waals surface area contributed by atoms with Gasteiger partial charge in [0.15, 0.2) is 0 Å². The van der Waals surface area contributed by atoms with E-state index in [4.69, 9.17) is 15.9 Å². The minimum atomic E-state index is -1.94. The van der Waals surface area contributed by atoms with Crippen LogP contribution in [0.4, 0.5) is 0 Å². The average molecular weight is 1050 g/mol. The molecule has 0 unspecified atom stereocenters. The molecule has 0 bridgehead atoms. The highest BCUT2D eigenvalue weighted by Gasteiger charge is 2.41. The third kappa shape index (κ3) is 21.0. The Balaban J connectivity index is 2.41. The van der Waals surface area contributed by atoms with Crippen LogP contribution in [0.2, 0.25) is 0 Å². The number of rotatable bonds is 31. The number of hydrogen-bond donors (Lipinski definition) is 14. The number of benzene rings is 1. The molecule has 2 rings (SSSR count). The maximum Gasteiger partial charge on any atom is 0.326 e. The Morgan fingerprint density at radius 2 is 1.12 bits per heavy atom. The van der Waals surface area contributed by atoms with Gasteiger partial charge in [0, 0.05) is 19.4 Å². The second-order valence-electron chi connectivity index (χ2n) is 17.3. The van der Waals surface area contributed by atoms with Crippen LogP contribution in [0.1, 0.15) is 77.7 Å². The monoisotopic (exact) mass is 1050 g/mol. The number of carbonyl (C=O) groups is 13. The van der Waals surface area contributed by atoms with Crippen LogP contribution in [0.15, 0.2) is 24.3 Å². The fourth-order valence-electron chi connectivity index (χ4n) is 7.17. The molecule has 1 aliphatic heterocycles. The molecular weight excluding hydrogens is 991 g/mol. The highest BCUT2D eigenvalue weighted by Crippen LogP contribution is 2.21. The van der Waals surface area contributed by atoms with E-state index in [9.17, 15) is 82.8 Å². The number of carboxylic acids is 5. The molecule has 0 saturated carbocycles. The van der Waals surface area contributed by atoms with Gasteiger partial charge in [-0.05, 0) is 68.2 Å². The Labute approximate surface area is 421 Å². The van der Waals surface area contributed by atoms with Crippen molar-refractivity contribution in [1.82, 2.24) is 42.1 Å². The topological polar surface area (TPSA) is 457 Å².